The summed E-state index contributed by atoms with van der Waals surface area (Å²) >= 11 is 0. The Labute approximate surface area is 214 Å². The number of likely N-dealkylation sites (N-methyl/N-ethyl adjacent to an activating group) is 1. The van der Waals surface area contributed by atoms with Crippen molar-refractivity contribution in [2.45, 2.75) is 51.2 Å². The number of carbonyl (C=O) groups is 1. The van der Waals surface area contributed by atoms with Gasteiger partial charge in [-0.3, -0.25) is 4.79 Å². The molecule has 0 aromatic heterocycles. The Bertz CT molecular complexity index is 1070. The molecular weight excluding hydrogens is 462 g/mol. The minimum Gasteiger partial charge on any atom is -0.490 e. The number of aliphatic hydroxyl groups excluding tert-OH is 1. The van der Waals surface area contributed by atoms with Gasteiger partial charge in [-0.1, -0.05) is 55.5 Å². The van der Waals surface area contributed by atoms with Gasteiger partial charge < -0.3 is 19.5 Å². The number of benzene rings is 2. The van der Waals surface area contributed by atoms with E-state index in [1.807, 2.05) is 37.4 Å². The van der Waals surface area contributed by atoms with E-state index < -0.39 is 6.10 Å². The van der Waals surface area contributed by atoms with Crippen LogP contribution in [0.15, 0.2) is 54.6 Å². The van der Waals surface area contributed by atoms with Gasteiger partial charge in [-0.2, -0.15) is 0 Å². The molecule has 35 heavy (non-hydrogen) atoms. The number of fused-ring (bicyclic) bond motifs is 3. The minimum absolute atomic E-state index is 0. The summed E-state index contributed by atoms with van der Waals surface area (Å²) in [5.41, 5.74) is 1.58. The lowest BCUT2D eigenvalue weighted by molar-refractivity contribution is -0.146. The fourth-order valence-corrected chi connectivity index (χ4v) is 6.80. The number of nitrogens with zero attached hydrogens (tertiary/aromatic N) is 1. The summed E-state index contributed by atoms with van der Waals surface area (Å²) in [7, 11) is 1.97. The second kappa shape index (κ2) is 10.5. The zero-order valence-electron chi connectivity index (χ0n) is 20.8. The second-order valence-corrected chi connectivity index (χ2v) is 11.1. The number of rotatable bonds is 7. The van der Waals surface area contributed by atoms with Crippen molar-refractivity contribution in [3.8, 4) is 5.75 Å². The smallest absolute Gasteiger partial charge is 0.310 e. The molecule has 3 fully saturated rings. The van der Waals surface area contributed by atoms with Crippen molar-refractivity contribution in [1.29, 1.82) is 0 Å². The van der Waals surface area contributed by atoms with Gasteiger partial charge in [0.05, 0.1) is 5.92 Å². The maximum absolute atomic E-state index is 12.8. The lowest BCUT2D eigenvalue weighted by atomic mass is 9.55. The van der Waals surface area contributed by atoms with Crippen LogP contribution in [-0.2, 0) is 9.53 Å². The first-order valence-electron chi connectivity index (χ1n) is 12.7. The molecule has 0 spiro atoms. The van der Waals surface area contributed by atoms with Crippen LogP contribution in [0.25, 0.3) is 10.8 Å². The highest BCUT2D eigenvalue weighted by molar-refractivity contribution is 5.88. The van der Waals surface area contributed by atoms with Gasteiger partial charge in [0.1, 0.15) is 24.6 Å². The molecule has 1 aliphatic heterocycles. The Kier molecular flexibility index (Phi) is 7.80. The molecule has 2 aromatic carbocycles. The van der Waals surface area contributed by atoms with Crippen LogP contribution in [0.2, 0.25) is 0 Å². The van der Waals surface area contributed by atoms with Crippen LogP contribution in [0.1, 0.15) is 39.0 Å². The normalized spacial score (nSPS) is 30.9. The van der Waals surface area contributed by atoms with Crippen LogP contribution in [0.3, 0.4) is 0 Å². The lowest BCUT2D eigenvalue weighted by Crippen LogP contribution is -2.46. The third-order valence-electron chi connectivity index (χ3n) is 8.53. The number of aliphatic hydroxyl groups is 1. The summed E-state index contributed by atoms with van der Waals surface area (Å²) in [5.74, 6) is 1.30. The molecule has 0 bridgehead atoms. The maximum Gasteiger partial charge on any atom is 0.310 e. The van der Waals surface area contributed by atoms with Crippen molar-refractivity contribution >= 4 is 29.1 Å². The van der Waals surface area contributed by atoms with Crippen molar-refractivity contribution in [3.63, 3.8) is 0 Å². The number of carbonyl (C=O) groups excluding carboxylic acids is 1. The fraction of sp³-hybridized carbons (Fsp3) is 0.552. The first kappa shape index (κ1) is 26.0. The van der Waals surface area contributed by atoms with Gasteiger partial charge in [0.15, 0.2) is 0 Å². The average Bonchev–Trinajstić information content (AvgIpc) is 3.09. The zero-order valence-corrected chi connectivity index (χ0v) is 21.6. The SMILES string of the molecule is C=C1CCC[C@]2(C)C[C@H]3OC(=O)C(CN(C)CC(O)COc4cccc5ccccc45)[C@H]3CC12.Cl. The van der Waals surface area contributed by atoms with Gasteiger partial charge in [-0.25, -0.2) is 0 Å². The minimum atomic E-state index is -0.648. The molecule has 6 atom stereocenters. The Morgan fingerprint density at radius 2 is 2.03 bits per heavy atom. The van der Waals surface area contributed by atoms with Crippen LogP contribution < -0.4 is 4.74 Å². The summed E-state index contributed by atoms with van der Waals surface area (Å²) < 4.78 is 11.9. The van der Waals surface area contributed by atoms with E-state index >= 15 is 0 Å². The Morgan fingerprint density at radius 3 is 2.86 bits per heavy atom. The lowest BCUT2D eigenvalue weighted by Gasteiger charge is -2.50. The Balaban J connectivity index is 0.00000289. The molecule has 1 heterocycles. The Morgan fingerprint density at radius 1 is 1.26 bits per heavy atom. The van der Waals surface area contributed by atoms with Crippen LogP contribution in [0, 0.1) is 23.2 Å². The van der Waals surface area contributed by atoms with E-state index in [1.54, 1.807) is 0 Å². The van der Waals surface area contributed by atoms with Gasteiger partial charge in [0.2, 0.25) is 0 Å². The molecule has 5 rings (SSSR count). The number of hydrogen-bond donors (Lipinski definition) is 1. The number of halogens is 1. The molecule has 5 nitrogen and oxygen atoms in total. The molecule has 2 aliphatic carbocycles. The molecule has 6 heteroatoms. The summed E-state index contributed by atoms with van der Waals surface area (Å²) in [6.07, 6.45) is 4.83. The predicted octanol–water partition coefficient (Wildman–Crippen LogP) is 5.25. The van der Waals surface area contributed by atoms with E-state index in [0.717, 1.165) is 35.8 Å². The standard InChI is InChI=1S/C29H37NO4.ClH/c1-19-8-7-13-29(2)15-27-23(14-25(19)29)24(28(32)34-27)17-30(3)16-21(31)18-33-26-12-6-10-20-9-4-5-11-22(20)26;/h4-6,9-12,21,23-25,27,31H,1,7-8,13-18H2,2-3H3;1H/t21?,23-,24?,25?,27-,29-;/m1./s1. The molecule has 2 aromatic rings. The monoisotopic (exact) mass is 499 g/mol. The topological polar surface area (TPSA) is 59.0 Å². The summed E-state index contributed by atoms with van der Waals surface area (Å²) in [4.78, 5) is 14.9. The van der Waals surface area contributed by atoms with Crippen molar-refractivity contribution < 1.29 is 19.4 Å². The number of allylic oxidation sites excluding steroid dienone is 1. The van der Waals surface area contributed by atoms with Crippen molar-refractivity contribution in [2.75, 3.05) is 26.7 Å². The van der Waals surface area contributed by atoms with E-state index in [1.165, 1.54) is 18.4 Å². The second-order valence-electron chi connectivity index (χ2n) is 11.1. The highest BCUT2D eigenvalue weighted by Crippen LogP contribution is 2.56. The van der Waals surface area contributed by atoms with Crippen LogP contribution >= 0.6 is 12.4 Å². The van der Waals surface area contributed by atoms with E-state index in [9.17, 15) is 9.90 Å². The van der Waals surface area contributed by atoms with E-state index in [4.69, 9.17) is 9.47 Å². The number of ether oxygens (including phenoxy) is 2. The molecule has 1 N–H and O–H groups in total. The fourth-order valence-electron chi connectivity index (χ4n) is 6.80. The van der Waals surface area contributed by atoms with E-state index in [2.05, 4.69) is 30.5 Å². The van der Waals surface area contributed by atoms with Gasteiger partial charge >= 0.3 is 5.97 Å². The number of esters is 1. The van der Waals surface area contributed by atoms with E-state index in [-0.39, 0.29) is 48.3 Å². The summed E-state index contributed by atoms with van der Waals surface area (Å²) in [6, 6.07) is 14.0. The molecule has 0 amide bonds. The Hall–Kier alpha value is -2.08. The molecule has 1 saturated heterocycles. The molecule has 3 unspecified atom stereocenters. The maximum atomic E-state index is 12.8. The van der Waals surface area contributed by atoms with Crippen molar-refractivity contribution in [2.24, 2.45) is 23.2 Å². The highest BCUT2D eigenvalue weighted by atomic mass is 35.5. The van der Waals surface area contributed by atoms with Crippen molar-refractivity contribution in [1.82, 2.24) is 4.90 Å². The summed E-state index contributed by atoms with van der Waals surface area (Å²) in [5, 5.41) is 12.8. The average molecular weight is 500 g/mol. The summed E-state index contributed by atoms with van der Waals surface area (Å²) in [6.45, 7) is 7.99. The third kappa shape index (κ3) is 5.23. The van der Waals surface area contributed by atoms with E-state index in [0.29, 0.717) is 19.0 Å². The first-order valence-corrected chi connectivity index (χ1v) is 12.7. The molecule has 0 radical (unpaired) electrons. The molecular formula is C29H38ClNO4. The van der Waals surface area contributed by atoms with Crippen LogP contribution in [0.4, 0.5) is 0 Å². The zero-order chi connectivity index (χ0) is 23.9. The third-order valence-corrected chi connectivity index (χ3v) is 8.53. The first-order chi connectivity index (χ1) is 16.3. The largest absolute Gasteiger partial charge is 0.490 e. The van der Waals surface area contributed by atoms with Gasteiger partial charge in [0.25, 0.3) is 0 Å². The molecule has 190 valence electrons. The van der Waals surface area contributed by atoms with Gasteiger partial charge in [0, 0.05) is 24.4 Å². The quantitative estimate of drug-likeness (QED) is 0.416. The highest BCUT2D eigenvalue weighted by Gasteiger charge is 2.55. The van der Waals surface area contributed by atoms with Crippen molar-refractivity contribution in [3.05, 3.63) is 54.6 Å². The predicted molar refractivity (Wildman–Crippen MR) is 141 cm³/mol. The molecule has 2 saturated carbocycles. The molecule has 3 aliphatic rings. The number of hydrogen-bond acceptors (Lipinski definition) is 5. The van der Waals surface area contributed by atoms with Crippen LogP contribution in [-0.4, -0.2) is 54.9 Å². The van der Waals surface area contributed by atoms with Gasteiger partial charge in [-0.15, -0.1) is 12.4 Å². The van der Waals surface area contributed by atoms with Crippen LogP contribution in [0.5, 0.6) is 5.75 Å². The van der Waals surface area contributed by atoms with Gasteiger partial charge in [-0.05, 0) is 61.9 Å².